The molecular weight excluding hydrogens is 327 g/mol. The summed E-state index contributed by atoms with van der Waals surface area (Å²) in [6.07, 6.45) is 0.977. The number of benzene rings is 1. The number of piperazine rings is 1. The van der Waals surface area contributed by atoms with Crippen LogP contribution in [0.5, 0.6) is 0 Å². The highest BCUT2D eigenvalue weighted by atomic mass is 35.5. The Balaban J connectivity index is 0.00000200. The molecule has 0 unspecified atom stereocenters. The lowest BCUT2D eigenvalue weighted by molar-refractivity contribution is 0.172. The molecule has 1 saturated heterocycles. The van der Waals surface area contributed by atoms with Crippen molar-refractivity contribution in [3.8, 4) is 0 Å². The predicted octanol–water partition coefficient (Wildman–Crippen LogP) is 4.40. The summed E-state index contributed by atoms with van der Waals surface area (Å²) in [4.78, 5) is 2.53. The largest absolute Gasteiger partial charge is 0.314 e. The lowest BCUT2D eigenvalue weighted by Gasteiger charge is -2.36. The van der Waals surface area contributed by atoms with E-state index in [-0.39, 0.29) is 24.8 Å². The van der Waals surface area contributed by atoms with Gasteiger partial charge in [-0.3, -0.25) is 4.90 Å². The highest BCUT2D eigenvalue weighted by molar-refractivity contribution is 6.31. The van der Waals surface area contributed by atoms with Crippen LogP contribution < -0.4 is 5.32 Å². The molecule has 1 aliphatic heterocycles. The monoisotopic (exact) mass is 350 g/mol. The number of hydrogen-bond acceptors (Lipinski definition) is 2. The van der Waals surface area contributed by atoms with Gasteiger partial charge in [0.15, 0.2) is 0 Å². The summed E-state index contributed by atoms with van der Waals surface area (Å²) in [6, 6.07) is 6.52. The summed E-state index contributed by atoms with van der Waals surface area (Å²) < 4.78 is 0. The average Bonchev–Trinajstić information content (AvgIpc) is 2.38. The molecule has 5 heteroatoms. The molecule has 0 aliphatic carbocycles. The second-order valence-corrected chi connectivity index (χ2v) is 5.84. The molecule has 120 valence electrons. The van der Waals surface area contributed by atoms with Crippen LogP contribution in [-0.4, -0.2) is 31.1 Å². The summed E-state index contributed by atoms with van der Waals surface area (Å²) >= 11 is 6.45. The van der Waals surface area contributed by atoms with Gasteiger partial charge in [0, 0.05) is 37.2 Å². The van der Waals surface area contributed by atoms with Gasteiger partial charge in [-0.1, -0.05) is 29.3 Å². The first kappa shape index (κ1) is 20.8. The van der Waals surface area contributed by atoms with Gasteiger partial charge >= 0.3 is 0 Å². The molecule has 21 heavy (non-hydrogen) atoms. The van der Waals surface area contributed by atoms with E-state index >= 15 is 0 Å². The molecule has 1 N–H and O–H groups in total. The maximum absolute atomic E-state index is 6.45. The number of nitrogens with zero attached hydrogens (tertiary/aromatic N) is 1. The van der Waals surface area contributed by atoms with Gasteiger partial charge in [-0.25, -0.2) is 0 Å². The van der Waals surface area contributed by atoms with Gasteiger partial charge in [-0.05, 0) is 37.5 Å². The molecule has 1 atom stereocenters. The van der Waals surface area contributed by atoms with Crippen molar-refractivity contribution in [2.24, 2.45) is 0 Å². The normalized spacial score (nSPS) is 16.5. The minimum atomic E-state index is 0. The number of rotatable bonds is 4. The molecule has 1 aliphatic rings. The fourth-order valence-electron chi connectivity index (χ4n) is 2.80. The van der Waals surface area contributed by atoms with E-state index in [4.69, 9.17) is 11.6 Å². The van der Waals surface area contributed by atoms with E-state index in [1.807, 2.05) is 12.1 Å². The second kappa shape index (κ2) is 9.70. The quantitative estimate of drug-likeness (QED) is 0.809. The Bertz CT molecular complexity index is 437. The molecule has 1 aromatic carbocycles. The average molecular weight is 352 g/mol. The fraction of sp³-hybridized carbons (Fsp3) is 0.500. The van der Waals surface area contributed by atoms with Crippen molar-refractivity contribution in [1.29, 1.82) is 0 Å². The van der Waals surface area contributed by atoms with Crippen molar-refractivity contribution >= 4 is 36.4 Å². The Kier molecular flexibility index (Phi) is 9.59. The molecule has 0 saturated carbocycles. The zero-order chi connectivity index (χ0) is 13.8. The van der Waals surface area contributed by atoms with Crippen LogP contribution in [0.2, 0.25) is 5.02 Å². The van der Waals surface area contributed by atoms with E-state index in [0.29, 0.717) is 6.04 Å². The van der Waals surface area contributed by atoms with Crippen LogP contribution in [0.3, 0.4) is 0 Å². The molecule has 1 heterocycles. The smallest absolute Gasteiger partial charge is 0.0456 e. The maximum Gasteiger partial charge on any atom is 0.0456 e. The summed E-state index contributed by atoms with van der Waals surface area (Å²) in [6.45, 7) is 12.6. The Labute approximate surface area is 145 Å². The molecule has 0 bridgehead atoms. The first-order valence-electron chi connectivity index (χ1n) is 6.93. The van der Waals surface area contributed by atoms with E-state index in [0.717, 1.165) is 37.6 Å². The Hall–Kier alpha value is -0.250. The topological polar surface area (TPSA) is 15.3 Å². The lowest BCUT2D eigenvalue weighted by Crippen LogP contribution is -2.45. The SMILES string of the molecule is C=C(C)C[C@H](c1c(C)cccc1Cl)N1CCNCC1.Cl.Cl. The summed E-state index contributed by atoms with van der Waals surface area (Å²) in [7, 11) is 0. The van der Waals surface area contributed by atoms with E-state index in [1.165, 1.54) is 16.7 Å². The van der Waals surface area contributed by atoms with Crippen molar-refractivity contribution in [2.45, 2.75) is 26.3 Å². The lowest BCUT2D eigenvalue weighted by atomic mass is 9.94. The van der Waals surface area contributed by atoms with Gasteiger partial charge in [0.05, 0.1) is 0 Å². The molecule has 0 spiro atoms. The fourth-order valence-corrected chi connectivity index (χ4v) is 3.15. The molecule has 1 aromatic rings. The van der Waals surface area contributed by atoms with Gasteiger partial charge in [0.1, 0.15) is 0 Å². The third-order valence-corrected chi connectivity index (χ3v) is 4.07. The van der Waals surface area contributed by atoms with Crippen molar-refractivity contribution < 1.29 is 0 Å². The maximum atomic E-state index is 6.45. The van der Waals surface area contributed by atoms with E-state index < -0.39 is 0 Å². The third-order valence-electron chi connectivity index (χ3n) is 3.74. The van der Waals surface area contributed by atoms with E-state index in [9.17, 15) is 0 Å². The first-order chi connectivity index (χ1) is 9.09. The van der Waals surface area contributed by atoms with Crippen LogP contribution in [0, 0.1) is 6.92 Å². The molecule has 2 rings (SSSR count). The van der Waals surface area contributed by atoms with Crippen molar-refractivity contribution in [3.05, 3.63) is 46.5 Å². The van der Waals surface area contributed by atoms with Crippen LogP contribution in [0.25, 0.3) is 0 Å². The van der Waals surface area contributed by atoms with Crippen LogP contribution in [-0.2, 0) is 0 Å². The standard InChI is InChI=1S/C16H23ClN2.2ClH/c1-12(2)11-15(19-9-7-18-8-10-19)16-13(3)5-4-6-14(16)17;;/h4-6,15,18H,1,7-11H2,2-3H3;2*1H/t15-;;/m1../s1. The molecule has 0 radical (unpaired) electrons. The molecule has 0 aromatic heterocycles. The summed E-state index contributed by atoms with van der Waals surface area (Å²) in [5, 5.41) is 4.29. The highest BCUT2D eigenvalue weighted by Crippen LogP contribution is 2.34. The highest BCUT2D eigenvalue weighted by Gasteiger charge is 2.25. The van der Waals surface area contributed by atoms with Crippen LogP contribution in [0.1, 0.15) is 30.5 Å². The first-order valence-corrected chi connectivity index (χ1v) is 7.31. The number of aryl methyl sites for hydroxylation is 1. The van der Waals surface area contributed by atoms with Gasteiger partial charge in [0.2, 0.25) is 0 Å². The number of hydrogen-bond donors (Lipinski definition) is 1. The summed E-state index contributed by atoms with van der Waals surface area (Å²) in [5.41, 5.74) is 3.76. The van der Waals surface area contributed by atoms with Gasteiger partial charge in [0.25, 0.3) is 0 Å². The summed E-state index contributed by atoms with van der Waals surface area (Å²) in [5.74, 6) is 0. The van der Waals surface area contributed by atoms with Crippen molar-refractivity contribution in [1.82, 2.24) is 10.2 Å². The van der Waals surface area contributed by atoms with Gasteiger partial charge in [-0.2, -0.15) is 0 Å². The van der Waals surface area contributed by atoms with E-state index in [1.54, 1.807) is 0 Å². The van der Waals surface area contributed by atoms with Crippen LogP contribution >= 0.6 is 36.4 Å². The van der Waals surface area contributed by atoms with Crippen molar-refractivity contribution in [3.63, 3.8) is 0 Å². The number of nitrogens with one attached hydrogen (secondary N) is 1. The van der Waals surface area contributed by atoms with Crippen molar-refractivity contribution in [2.75, 3.05) is 26.2 Å². The van der Waals surface area contributed by atoms with Crippen LogP contribution in [0.15, 0.2) is 30.4 Å². The zero-order valence-corrected chi connectivity index (χ0v) is 15.1. The number of halogens is 3. The minimum Gasteiger partial charge on any atom is -0.314 e. The predicted molar refractivity (Wildman–Crippen MR) is 97.3 cm³/mol. The third kappa shape index (κ3) is 5.46. The van der Waals surface area contributed by atoms with E-state index in [2.05, 4.69) is 36.7 Å². The van der Waals surface area contributed by atoms with Gasteiger partial charge in [-0.15, -0.1) is 31.4 Å². The second-order valence-electron chi connectivity index (χ2n) is 5.43. The zero-order valence-electron chi connectivity index (χ0n) is 12.7. The van der Waals surface area contributed by atoms with Gasteiger partial charge < -0.3 is 5.32 Å². The molecule has 0 amide bonds. The Morgan fingerprint density at radius 3 is 2.48 bits per heavy atom. The Morgan fingerprint density at radius 1 is 1.33 bits per heavy atom. The minimum absolute atomic E-state index is 0. The Morgan fingerprint density at radius 2 is 1.95 bits per heavy atom. The molecule has 2 nitrogen and oxygen atoms in total. The molecule has 1 fully saturated rings. The molecular formula is C16H25Cl3N2. The van der Waals surface area contributed by atoms with Crippen LogP contribution in [0.4, 0.5) is 0 Å².